The molecule has 14 atom stereocenters. The van der Waals surface area contributed by atoms with E-state index in [4.69, 9.17) is 36.1 Å². The van der Waals surface area contributed by atoms with Gasteiger partial charge in [-0.3, -0.25) is 9.80 Å². The van der Waals surface area contributed by atoms with Crippen molar-refractivity contribution in [1.29, 1.82) is 0 Å². The number of rotatable bonds is 23. The second kappa shape index (κ2) is 21.4. The van der Waals surface area contributed by atoms with Crippen LogP contribution in [0.3, 0.4) is 0 Å². The van der Waals surface area contributed by atoms with E-state index in [2.05, 4.69) is 5.32 Å². The number of nitrogens with one attached hydrogen (secondary N) is 1. The Balaban J connectivity index is 2.13. The predicted molar refractivity (Wildman–Crippen MR) is 166 cm³/mol. The fourth-order valence-electron chi connectivity index (χ4n) is 5.42. The molecule has 0 bridgehead atoms. The van der Waals surface area contributed by atoms with Gasteiger partial charge in [0.15, 0.2) is 30.9 Å². The average molecular weight is 749 g/mol. The Morgan fingerprint density at radius 1 is 0.706 bits per heavy atom. The number of carboxylic acids is 3. The van der Waals surface area contributed by atoms with Crippen molar-refractivity contribution < 1.29 is 89.5 Å². The molecule has 2 fully saturated rings. The number of hydrogen-bond acceptors (Lipinski definition) is 21. The van der Waals surface area contributed by atoms with E-state index >= 15 is 0 Å². The summed E-state index contributed by atoms with van der Waals surface area (Å²) in [7, 11) is 0. The minimum Gasteiger partial charge on any atom is -0.479 e. The molecule has 2 saturated heterocycles. The maximum absolute atomic E-state index is 12.1. The monoisotopic (exact) mass is 748 g/mol. The molecule has 18 N–H and O–H groups in total. The number of ether oxygens (including phenoxy) is 4. The number of aliphatic carboxylic acids is 3. The van der Waals surface area contributed by atoms with Crippen molar-refractivity contribution in [3.05, 3.63) is 0 Å². The average Bonchev–Trinajstić information content (AvgIpc) is 3.07. The van der Waals surface area contributed by atoms with E-state index in [9.17, 15) is 70.6 Å². The van der Waals surface area contributed by atoms with Crippen LogP contribution >= 0.6 is 0 Å². The third kappa shape index (κ3) is 12.4. The molecule has 0 aromatic rings. The van der Waals surface area contributed by atoms with Crippen LogP contribution < -0.4 is 22.5 Å². The molecular formula is C27H52N6O18. The highest BCUT2D eigenvalue weighted by Gasteiger charge is 2.55. The first-order valence-electron chi connectivity index (χ1n) is 16.0. The summed E-state index contributed by atoms with van der Waals surface area (Å²) in [6, 6.07) is 0. The molecule has 2 aliphatic rings. The summed E-state index contributed by atoms with van der Waals surface area (Å²) >= 11 is 0. The van der Waals surface area contributed by atoms with Crippen LogP contribution in [0.2, 0.25) is 0 Å². The third-order valence-electron chi connectivity index (χ3n) is 8.17. The van der Waals surface area contributed by atoms with Crippen molar-refractivity contribution in [3.8, 4) is 0 Å². The molecule has 0 aliphatic carbocycles. The first kappa shape index (κ1) is 44.8. The SMILES string of the molecule is NCCN(CCN)CN(CCN)CCNCC(O)C(O)C(OC1OC(C(=O)O)C(OC2OC(C(=O)O)C(O)C(O)C2O)C(O)C1O)C(O)C(=O)O. The van der Waals surface area contributed by atoms with Crippen molar-refractivity contribution in [2.24, 2.45) is 17.2 Å². The molecule has 0 aromatic carbocycles. The molecule has 14 unspecified atom stereocenters. The van der Waals surface area contributed by atoms with E-state index in [0.717, 1.165) is 0 Å². The van der Waals surface area contributed by atoms with Crippen LogP contribution in [0.5, 0.6) is 0 Å². The Morgan fingerprint density at radius 2 is 1.22 bits per heavy atom. The largest absolute Gasteiger partial charge is 0.479 e. The maximum Gasteiger partial charge on any atom is 0.335 e. The molecule has 2 aliphatic heterocycles. The lowest BCUT2D eigenvalue weighted by atomic mass is 9.96. The molecule has 0 amide bonds. The van der Waals surface area contributed by atoms with Gasteiger partial charge in [0.2, 0.25) is 0 Å². The Labute approximate surface area is 291 Å². The number of hydrogen-bond donors (Lipinski definition) is 15. The Hall–Kier alpha value is -2.31. The molecule has 24 nitrogen and oxygen atoms in total. The van der Waals surface area contributed by atoms with Crippen LogP contribution in [0.1, 0.15) is 0 Å². The zero-order valence-corrected chi connectivity index (χ0v) is 27.6. The molecule has 2 rings (SSSR count). The predicted octanol–water partition coefficient (Wildman–Crippen LogP) is -9.63. The number of aliphatic hydroxyl groups excluding tert-OH is 8. The number of nitrogens with zero attached hydrogens (tertiary/aromatic N) is 2. The van der Waals surface area contributed by atoms with Crippen LogP contribution in [-0.4, -0.2) is 235 Å². The summed E-state index contributed by atoms with van der Waals surface area (Å²) in [6.07, 6.45) is -31.3. The Morgan fingerprint density at radius 3 is 1.73 bits per heavy atom. The minimum atomic E-state index is -2.59. The standard InChI is InChI=1S/C27H52N6O18/c28-1-5-32(6-2-29)10-33(7-3-30)8-4-31-9-11(34)12(35)19(18(41)23(42)43)48-27-17(40)15(38)20(22(51-27)25(46)47)49-26-16(39)13(36)14(37)21(50-26)24(44)45/h11-22,26-27,31,34-41H,1-10,28-30H2,(H,42,43)(H,44,45)(H,46,47). The van der Waals surface area contributed by atoms with Gasteiger partial charge in [-0.1, -0.05) is 0 Å². The van der Waals surface area contributed by atoms with Gasteiger partial charge < -0.3 is 97.6 Å². The summed E-state index contributed by atoms with van der Waals surface area (Å²) in [5.74, 6) is -5.67. The lowest BCUT2D eigenvalue weighted by Gasteiger charge is -2.45. The quantitative estimate of drug-likeness (QED) is 0.0341. The van der Waals surface area contributed by atoms with Gasteiger partial charge in [-0.2, -0.15) is 0 Å². The molecule has 2 heterocycles. The first-order valence-corrected chi connectivity index (χ1v) is 16.0. The molecule has 298 valence electrons. The molecule has 0 saturated carbocycles. The van der Waals surface area contributed by atoms with Crippen molar-refractivity contribution in [2.75, 3.05) is 65.6 Å². The van der Waals surface area contributed by atoms with Crippen molar-refractivity contribution in [1.82, 2.24) is 15.1 Å². The van der Waals surface area contributed by atoms with Crippen LogP contribution in [-0.2, 0) is 33.3 Å². The molecule has 0 radical (unpaired) electrons. The number of carbonyl (C=O) groups is 3. The van der Waals surface area contributed by atoms with E-state index < -0.39 is 104 Å². The maximum atomic E-state index is 12.1. The molecule has 51 heavy (non-hydrogen) atoms. The Kier molecular flexibility index (Phi) is 18.8. The summed E-state index contributed by atoms with van der Waals surface area (Å²) in [4.78, 5) is 39.2. The summed E-state index contributed by atoms with van der Waals surface area (Å²) < 4.78 is 20.6. The van der Waals surface area contributed by atoms with Crippen LogP contribution in [0.25, 0.3) is 0 Å². The zero-order valence-electron chi connectivity index (χ0n) is 27.6. The van der Waals surface area contributed by atoms with Crippen molar-refractivity contribution >= 4 is 17.9 Å². The van der Waals surface area contributed by atoms with Crippen LogP contribution in [0, 0.1) is 0 Å². The summed E-state index contributed by atoms with van der Waals surface area (Å²) in [5.41, 5.74) is 17.0. The second-order valence-electron chi connectivity index (χ2n) is 12.0. The minimum absolute atomic E-state index is 0.233. The van der Waals surface area contributed by atoms with Gasteiger partial charge in [-0.25, -0.2) is 14.4 Å². The summed E-state index contributed by atoms with van der Waals surface area (Å²) in [5, 5.41) is 115. The van der Waals surface area contributed by atoms with Gasteiger partial charge in [-0.05, 0) is 0 Å². The van der Waals surface area contributed by atoms with Gasteiger partial charge in [0.25, 0.3) is 0 Å². The van der Waals surface area contributed by atoms with Crippen LogP contribution in [0.15, 0.2) is 0 Å². The van der Waals surface area contributed by atoms with Crippen LogP contribution in [0.4, 0.5) is 0 Å². The zero-order chi connectivity index (χ0) is 38.6. The Bertz CT molecular complexity index is 1080. The highest BCUT2D eigenvalue weighted by molar-refractivity contribution is 5.74. The summed E-state index contributed by atoms with van der Waals surface area (Å²) in [6.45, 7) is 3.56. The van der Waals surface area contributed by atoms with E-state index in [-0.39, 0.29) is 13.1 Å². The van der Waals surface area contributed by atoms with Gasteiger partial charge in [-0.15, -0.1) is 0 Å². The number of carboxylic acid groups (broad SMARTS) is 3. The fraction of sp³-hybridized carbons (Fsp3) is 0.889. The van der Waals surface area contributed by atoms with Gasteiger partial charge in [0.05, 0.1) is 12.8 Å². The molecule has 24 heteroatoms. The third-order valence-corrected chi connectivity index (χ3v) is 8.17. The fourth-order valence-corrected chi connectivity index (χ4v) is 5.42. The topological polar surface area (TPSA) is 407 Å². The lowest BCUT2D eigenvalue weighted by Crippen LogP contribution is -2.66. The first-order chi connectivity index (χ1) is 24.0. The number of nitrogens with two attached hydrogens (primary N) is 3. The molecular weight excluding hydrogens is 696 g/mol. The lowest BCUT2D eigenvalue weighted by molar-refractivity contribution is -0.358. The van der Waals surface area contributed by atoms with Crippen molar-refractivity contribution in [2.45, 2.75) is 85.8 Å². The molecule has 0 spiro atoms. The van der Waals surface area contributed by atoms with E-state index in [0.29, 0.717) is 52.5 Å². The molecule has 0 aromatic heterocycles. The van der Waals surface area contributed by atoms with Crippen molar-refractivity contribution in [3.63, 3.8) is 0 Å². The second-order valence-corrected chi connectivity index (χ2v) is 12.0. The van der Waals surface area contributed by atoms with E-state index in [1.165, 1.54) is 0 Å². The smallest absolute Gasteiger partial charge is 0.335 e. The normalized spacial score (nSPS) is 32.4. The van der Waals surface area contributed by atoms with E-state index in [1.807, 2.05) is 9.80 Å². The highest BCUT2D eigenvalue weighted by atomic mass is 16.7. The van der Waals surface area contributed by atoms with Gasteiger partial charge in [0.1, 0.15) is 48.8 Å². The van der Waals surface area contributed by atoms with Gasteiger partial charge in [0, 0.05) is 58.9 Å². The van der Waals surface area contributed by atoms with Gasteiger partial charge >= 0.3 is 17.9 Å². The highest BCUT2D eigenvalue weighted by Crippen LogP contribution is 2.31. The number of aliphatic hydroxyl groups is 8. The van der Waals surface area contributed by atoms with E-state index in [1.54, 1.807) is 0 Å².